The Bertz CT molecular complexity index is 593. The number of methoxy groups -OCH3 is 1. The first-order chi connectivity index (χ1) is 10.5. The molecule has 0 saturated carbocycles. The van der Waals surface area contributed by atoms with Crippen molar-refractivity contribution in [2.45, 2.75) is 0 Å². The van der Waals surface area contributed by atoms with Crippen LogP contribution < -0.4 is 14.2 Å². The molecule has 0 atom stereocenters. The van der Waals surface area contributed by atoms with Gasteiger partial charge in [-0.05, 0) is 23.8 Å². The van der Waals surface area contributed by atoms with Gasteiger partial charge in [0.25, 0.3) is 0 Å². The highest BCUT2D eigenvalue weighted by Gasteiger charge is 2.18. The largest absolute Gasteiger partial charge is 0.493 e. The molecule has 0 fully saturated rings. The Hall–Kier alpha value is -2.70. The van der Waals surface area contributed by atoms with Crippen LogP contribution in [0.3, 0.4) is 0 Å². The fourth-order valence-electron chi connectivity index (χ4n) is 1.97. The zero-order valence-corrected chi connectivity index (χ0v) is 12.4. The van der Waals surface area contributed by atoms with E-state index in [0.717, 1.165) is 4.90 Å². The van der Waals surface area contributed by atoms with Gasteiger partial charge >= 0.3 is 5.97 Å². The molecule has 2 rings (SSSR count). The summed E-state index contributed by atoms with van der Waals surface area (Å²) in [5.74, 6) is 0.140. The number of benzene rings is 1. The molecule has 1 aromatic carbocycles. The lowest BCUT2D eigenvalue weighted by Gasteiger charge is -2.21. The van der Waals surface area contributed by atoms with Crippen LogP contribution in [-0.2, 0) is 9.59 Å². The van der Waals surface area contributed by atoms with Gasteiger partial charge in [-0.25, -0.2) is 0 Å². The Kier molecular flexibility index (Phi) is 4.88. The van der Waals surface area contributed by atoms with Crippen LogP contribution in [0, 0.1) is 0 Å². The summed E-state index contributed by atoms with van der Waals surface area (Å²) in [5.41, 5.74) is 0.693. The Morgan fingerprint density at radius 3 is 2.77 bits per heavy atom. The zero-order chi connectivity index (χ0) is 16.1. The van der Waals surface area contributed by atoms with Crippen molar-refractivity contribution in [2.75, 3.05) is 33.9 Å². The second-order valence-corrected chi connectivity index (χ2v) is 4.67. The van der Waals surface area contributed by atoms with Crippen molar-refractivity contribution >= 4 is 18.0 Å². The molecule has 1 aliphatic heterocycles. The van der Waals surface area contributed by atoms with Gasteiger partial charge in [-0.2, -0.15) is 0 Å². The summed E-state index contributed by atoms with van der Waals surface area (Å²) >= 11 is 0. The molecule has 1 amide bonds. The lowest BCUT2D eigenvalue weighted by Crippen LogP contribution is -2.30. The number of likely N-dealkylation sites (N-methyl/N-ethyl adjacent to an activating group) is 1. The van der Waals surface area contributed by atoms with Crippen molar-refractivity contribution in [3.05, 3.63) is 23.8 Å². The molecule has 1 aromatic rings. The van der Waals surface area contributed by atoms with Gasteiger partial charge in [0.05, 0.1) is 7.11 Å². The maximum absolute atomic E-state index is 11.8. The fraction of sp³-hybridized carbons (Fsp3) is 0.333. The number of rotatable bonds is 5. The van der Waals surface area contributed by atoms with Gasteiger partial charge in [0.15, 0.2) is 11.5 Å². The van der Waals surface area contributed by atoms with E-state index in [1.165, 1.54) is 20.2 Å². The number of fused-ring (bicyclic) bond motifs is 1. The molecule has 0 spiro atoms. The van der Waals surface area contributed by atoms with Crippen molar-refractivity contribution in [3.63, 3.8) is 0 Å². The average molecular weight is 307 g/mol. The van der Waals surface area contributed by atoms with Crippen molar-refractivity contribution in [1.29, 1.82) is 0 Å². The van der Waals surface area contributed by atoms with Crippen LogP contribution in [0.2, 0.25) is 0 Å². The summed E-state index contributed by atoms with van der Waals surface area (Å²) < 4.78 is 16.2. The Morgan fingerprint density at radius 1 is 1.36 bits per heavy atom. The molecule has 7 heteroatoms. The second kappa shape index (κ2) is 6.84. The van der Waals surface area contributed by atoms with Crippen LogP contribution in [0.15, 0.2) is 18.2 Å². The molecule has 0 saturated heterocycles. The van der Waals surface area contributed by atoms with Crippen LogP contribution >= 0.6 is 0 Å². The number of carbonyl (C=O) groups excluding carboxylic acids is 1. The third-order valence-corrected chi connectivity index (χ3v) is 3.02. The number of ether oxygens (including phenoxy) is 3. The first kappa shape index (κ1) is 15.7. The van der Waals surface area contributed by atoms with E-state index >= 15 is 0 Å². The number of hydrogen-bond donors (Lipinski definition) is 1. The van der Waals surface area contributed by atoms with Gasteiger partial charge in [0.2, 0.25) is 11.7 Å². The van der Waals surface area contributed by atoms with Crippen molar-refractivity contribution in [3.8, 4) is 17.2 Å². The number of carboxylic acids is 1. The lowest BCUT2D eigenvalue weighted by molar-refractivity contribution is -0.141. The minimum Gasteiger partial charge on any atom is -0.493 e. The van der Waals surface area contributed by atoms with Crippen LogP contribution in [0.25, 0.3) is 6.08 Å². The predicted octanol–water partition coefficient (Wildman–Crippen LogP) is 1.02. The average Bonchev–Trinajstić information content (AvgIpc) is 2.50. The van der Waals surface area contributed by atoms with Crippen LogP contribution in [0.5, 0.6) is 17.2 Å². The van der Waals surface area contributed by atoms with E-state index < -0.39 is 11.9 Å². The van der Waals surface area contributed by atoms with Crippen molar-refractivity contribution < 1.29 is 28.9 Å². The summed E-state index contributed by atoms with van der Waals surface area (Å²) in [7, 11) is 2.94. The third-order valence-electron chi connectivity index (χ3n) is 3.02. The molecule has 7 nitrogen and oxygen atoms in total. The molecule has 0 aromatic heterocycles. The van der Waals surface area contributed by atoms with E-state index in [1.807, 2.05) is 0 Å². The highest BCUT2D eigenvalue weighted by atomic mass is 16.6. The van der Waals surface area contributed by atoms with E-state index in [9.17, 15) is 9.59 Å². The lowest BCUT2D eigenvalue weighted by atomic mass is 10.1. The van der Waals surface area contributed by atoms with E-state index in [0.29, 0.717) is 36.0 Å². The number of aliphatic carboxylic acids is 1. The quantitative estimate of drug-likeness (QED) is 0.818. The first-order valence-corrected chi connectivity index (χ1v) is 6.64. The van der Waals surface area contributed by atoms with Gasteiger partial charge in [0.1, 0.15) is 19.8 Å². The maximum Gasteiger partial charge on any atom is 0.323 e. The van der Waals surface area contributed by atoms with Gasteiger partial charge in [-0.3, -0.25) is 9.59 Å². The van der Waals surface area contributed by atoms with Gasteiger partial charge in [-0.15, -0.1) is 0 Å². The topological polar surface area (TPSA) is 85.3 Å². The third kappa shape index (κ3) is 3.69. The van der Waals surface area contributed by atoms with Crippen molar-refractivity contribution in [1.82, 2.24) is 4.90 Å². The van der Waals surface area contributed by atoms with Crippen LogP contribution in [-0.4, -0.2) is 55.8 Å². The minimum atomic E-state index is -1.06. The maximum atomic E-state index is 11.8. The SMILES string of the molecule is COc1cc(C=CC(=O)N(C)CC(=O)O)cc2c1OCCO2. The molecule has 118 valence electrons. The monoisotopic (exact) mass is 307 g/mol. The van der Waals surface area contributed by atoms with Gasteiger partial charge < -0.3 is 24.2 Å². The smallest absolute Gasteiger partial charge is 0.323 e. The standard InChI is InChI=1S/C15H17NO6/c1-16(9-14(18)19)13(17)4-3-10-7-11(20-2)15-12(8-10)21-5-6-22-15/h3-4,7-8H,5-6,9H2,1-2H3,(H,18,19). The van der Waals surface area contributed by atoms with Crippen LogP contribution in [0.1, 0.15) is 5.56 Å². The number of carbonyl (C=O) groups is 2. The number of amides is 1. The molecular weight excluding hydrogens is 290 g/mol. The number of nitrogens with zero attached hydrogens (tertiary/aromatic N) is 1. The van der Waals surface area contributed by atoms with E-state index in [2.05, 4.69) is 0 Å². The van der Waals surface area contributed by atoms with Crippen LogP contribution in [0.4, 0.5) is 0 Å². The highest BCUT2D eigenvalue weighted by Crippen LogP contribution is 2.40. The summed E-state index contributed by atoms with van der Waals surface area (Å²) in [6, 6.07) is 3.45. The normalized spacial score (nSPS) is 13.0. The molecule has 0 bridgehead atoms. The molecule has 1 aliphatic rings. The van der Waals surface area contributed by atoms with E-state index in [-0.39, 0.29) is 6.54 Å². The van der Waals surface area contributed by atoms with Crippen molar-refractivity contribution in [2.24, 2.45) is 0 Å². The van der Waals surface area contributed by atoms with E-state index in [1.54, 1.807) is 18.2 Å². The van der Waals surface area contributed by atoms with Gasteiger partial charge in [-0.1, -0.05) is 0 Å². The zero-order valence-electron chi connectivity index (χ0n) is 12.4. The molecule has 22 heavy (non-hydrogen) atoms. The molecule has 1 N–H and O–H groups in total. The number of hydrogen-bond acceptors (Lipinski definition) is 5. The molecule has 0 unspecified atom stereocenters. The molecule has 1 heterocycles. The Balaban J connectivity index is 2.17. The summed E-state index contributed by atoms with van der Waals surface area (Å²) in [4.78, 5) is 23.5. The summed E-state index contributed by atoms with van der Waals surface area (Å²) in [6.45, 7) is 0.550. The minimum absolute atomic E-state index is 0.354. The van der Waals surface area contributed by atoms with E-state index in [4.69, 9.17) is 19.3 Å². The highest BCUT2D eigenvalue weighted by molar-refractivity contribution is 5.93. The summed E-state index contributed by atoms with van der Waals surface area (Å²) in [5, 5.41) is 8.65. The van der Waals surface area contributed by atoms with Gasteiger partial charge in [0, 0.05) is 13.1 Å². The molecule has 0 radical (unpaired) electrons. The predicted molar refractivity (Wildman–Crippen MR) is 78.3 cm³/mol. The molecule has 0 aliphatic carbocycles. The Morgan fingerprint density at radius 2 is 2.09 bits per heavy atom. The first-order valence-electron chi connectivity index (χ1n) is 6.64. The second-order valence-electron chi connectivity index (χ2n) is 4.67. The summed E-state index contributed by atoms with van der Waals surface area (Å²) in [6.07, 6.45) is 2.87. The Labute approximate surface area is 127 Å². The molecular formula is C15H17NO6. The fourth-order valence-corrected chi connectivity index (χ4v) is 1.97. The number of carboxylic acid groups (broad SMARTS) is 1.